The minimum atomic E-state index is -0.123. The second kappa shape index (κ2) is 8.58. The maximum absolute atomic E-state index is 13.4. The summed E-state index contributed by atoms with van der Waals surface area (Å²) in [6.45, 7) is 3.24. The highest BCUT2D eigenvalue weighted by atomic mass is 16.5. The Hall–Kier alpha value is -3.70. The molecule has 1 saturated heterocycles. The average Bonchev–Trinajstić information content (AvgIpc) is 3.17. The third kappa shape index (κ3) is 4.00. The van der Waals surface area contributed by atoms with Gasteiger partial charge in [-0.2, -0.15) is 0 Å². The van der Waals surface area contributed by atoms with Crippen LogP contribution in [0.15, 0.2) is 95.6 Å². The molecule has 0 radical (unpaired) electrons. The molecule has 3 aromatic rings. The molecule has 2 aliphatic heterocycles. The lowest BCUT2D eigenvalue weighted by molar-refractivity contribution is -0.113. The minimum Gasteiger partial charge on any atom is -0.378 e. The predicted octanol–water partition coefficient (Wildman–Crippen LogP) is 4.36. The van der Waals surface area contributed by atoms with Gasteiger partial charge < -0.3 is 9.64 Å². The number of amides is 1. The van der Waals surface area contributed by atoms with E-state index in [1.54, 1.807) is 4.90 Å². The van der Waals surface area contributed by atoms with Gasteiger partial charge in [0.1, 0.15) is 11.5 Å². The number of hydrogen-bond acceptors (Lipinski definition) is 4. The van der Waals surface area contributed by atoms with Crippen molar-refractivity contribution >= 4 is 29.2 Å². The summed E-state index contributed by atoms with van der Waals surface area (Å²) < 4.78 is 5.45. The number of anilines is 2. The van der Waals surface area contributed by atoms with Gasteiger partial charge in [-0.15, -0.1) is 0 Å². The topological polar surface area (TPSA) is 45.1 Å². The maximum Gasteiger partial charge on any atom is 0.282 e. The lowest BCUT2D eigenvalue weighted by Crippen LogP contribution is -2.36. The molecule has 0 spiro atoms. The van der Waals surface area contributed by atoms with Crippen molar-refractivity contribution in [1.29, 1.82) is 0 Å². The third-order valence-electron chi connectivity index (χ3n) is 5.48. The molecule has 5 heteroatoms. The van der Waals surface area contributed by atoms with E-state index in [1.807, 2.05) is 78.9 Å². The van der Waals surface area contributed by atoms with Gasteiger partial charge >= 0.3 is 0 Å². The molecule has 5 rings (SSSR count). The first kappa shape index (κ1) is 19.3. The summed E-state index contributed by atoms with van der Waals surface area (Å²) in [5.74, 6) is 0.522. The Morgan fingerprint density at radius 2 is 1.39 bits per heavy atom. The molecule has 1 amide bonds. The molecule has 5 nitrogen and oxygen atoms in total. The molecule has 2 aliphatic rings. The Labute approximate surface area is 181 Å². The highest BCUT2D eigenvalue weighted by Crippen LogP contribution is 2.29. The number of nitrogens with zero attached hydrogens (tertiary/aromatic N) is 3. The van der Waals surface area contributed by atoms with Crippen molar-refractivity contribution in [2.24, 2.45) is 4.99 Å². The van der Waals surface area contributed by atoms with Gasteiger partial charge in [-0.05, 0) is 35.9 Å². The van der Waals surface area contributed by atoms with Crippen molar-refractivity contribution < 1.29 is 9.53 Å². The third-order valence-corrected chi connectivity index (χ3v) is 5.48. The second-order valence-electron chi connectivity index (χ2n) is 7.50. The minimum absolute atomic E-state index is 0.123. The number of rotatable bonds is 4. The number of aliphatic imine (C=N–C) groups is 1. The summed E-state index contributed by atoms with van der Waals surface area (Å²) in [5, 5.41) is 0. The molecule has 31 heavy (non-hydrogen) atoms. The first-order valence-electron chi connectivity index (χ1n) is 10.5. The quantitative estimate of drug-likeness (QED) is 0.602. The number of ether oxygens (including phenoxy) is 1. The van der Waals surface area contributed by atoms with Gasteiger partial charge in [-0.25, -0.2) is 4.99 Å². The first-order valence-corrected chi connectivity index (χ1v) is 10.5. The van der Waals surface area contributed by atoms with Gasteiger partial charge in [0.25, 0.3) is 5.91 Å². The number of carbonyl (C=O) groups is 1. The second-order valence-corrected chi connectivity index (χ2v) is 7.50. The molecule has 1 fully saturated rings. The molecule has 0 unspecified atom stereocenters. The number of hydrogen-bond donors (Lipinski definition) is 0. The fraction of sp³-hybridized carbons (Fsp3) is 0.154. The van der Waals surface area contributed by atoms with E-state index in [9.17, 15) is 4.79 Å². The van der Waals surface area contributed by atoms with Crippen molar-refractivity contribution in [3.05, 3.63) is 102 Å². The highest BCUT2D eigenvalue weighted by molar-refractivity contribution is 6.33. The van der Waals surface area contributed by atoms with Crippen LogP contribution in [0.2, 0.25) is 0 Å². The maximum atomic E-state index is 13.4. The normalized spacial score (nSPS) is 17.9. The van der Waals surface area contributed by atoms with Crippen LogP contribution in [-0.4, -0.2) is 38.0 Å². The predicted molar refractivity (Wildman–Crippen MR) is 124 cm³/mol. The summed E-state index contributed by atoms with van der Waals surface area (Å²) in [4.78, 5) is 22.1. The molecule has 0 aliphatic carbocycles. The van der Waals surface area contributed by atoms with Crippen molar-refractivity contribution in [3.63, 3.8) is 0 Å². The van der Waals surface area contributed by atoms with Crippen LogP contribution < -0.4 is 9.80 Å². The van der Waals surface area contributed by atoms with Gasteiger partial charge in [0, 0.05) is 24.3 Å². The molecule has 2 heterocycles. The summed E-state index contributed by atoms with van der Waals surface area (Å²) in [7, 11) is 0. The van der Waals surface area contributed by atoms with E-state index < -0.39 is 0 Å². The zero-order chi connectivity index (χ0) is 21.0. The number of benzene rings is 3. The van der Waals surface area contributed by atoms with E-state index in [0.29, 0.717) is 11.5 Å². The fourth-order valence-electron chi connectivity index (χ4n) is 3.88. The molecule has 0 saturated carbocycles. The Morgan fingerprint density at radius 3 is 2.06 bits per heavy atom. The highest BCUT2D eigenvalue weighted by Gasteiger charge is 2.32. The molecular formula is C26H23N3O2. The van der Waals surface area contributed by atoms with Crippen LogP contribution in [0, 0.1) is 0 Å². The summed E-state index contributed by atoms with van der Waals surface area (Å²) >= 11 is 0. The van der Waals surface area contributed by atoms with Gasteiger partial charge in [-0.3, -0.25) is 9.69 Å². The lowest BCUT2D eigenvalue weighted by Gasteiger charge is -2.29. The van der Waals surface area contributed by atoms with E-state index in [4.69, 9.17) is 9.73 Å². The van der Waals surface area contributed by atoms with Crippen LogP contribution in [-0.2, 0) is 9.53 Å². The Bertz CT molecular complexity index is 1120. The van der Waals surface area contributed by atoms with E-state index >= 15 is 0 Å². The average molecular weight is 409 g/mol. The fourth-order valence-corrected chi connectivity index (χ4v) is 3.88. The standard InChI is InChI=1S/C26H23N3O2/c30-26-24(19-20-7-3-1-4-8-20)27-25(21-9-5-2-6-10-21)29(26)23-13-11-22(12-14-23)28-15-17-31-18-16-28/h1-14,19H,15-18H2. The number of amidine groups is 1. The SMILES string of the molecule is O=C1C(=Cc2ccccc2)N=C(c2ccccc2)N1c1ccc(N2CCOCC2)cc1. The zero-order valence-corrected chi connectivity index (χ0v) is 17.1. The van der Waals surface area contributed by atoms with Crippen LogP contribution in [0.3, 0.4) is 0 Å². The Kier molecular flexibility index (Phi) is 5.33. The molecule has 0 N–H and O–H groups in total. The summed E-state index contributed by atoms with van der Waals surface area (Å²) in [6.07, 6.45) is 1.84. The molecule has 0 atom stereocenters. The van der Waals surface area contributed by atoms with E-state index in [1.165, 1.54) is 0 Å². The van der Waals surface area contributed by atoms with Gasteiger partial charge in [0.05, 0.1) is 18.9 Å². The molecule has 0 bridgehead atoms. The molecule has 0 aromatic heterocycles. The van der Waals surface area contributed by atoms with Crippen molar-refractivity contribution in [2.75, 3.05) is 36.1 Å². The lowest BCUT2D eigenvalue weighted by atomic mass is 10.1. The Morgan fingerprint density at radius 1 is 0.774 bits per heavy atom. The molecule has 154 valence electrons. The number of carbonyl (C=O) groups excluding carboxylic acids is 1. The van der Waals surface area contributed by atoms with Gasteiger partial charge in [-0.1, -0.05) is 60.7 Å². The van der Waals surface area contributed by atoms with Crippen LogP contribution in [0.5, 0.6) is 0 Å². The van der Waals surface area contributed by atoms with Gasteiger partial charge in [0.15, 0.2) is 0 Å². The van der Waals surface area contributed by atoms with Crippen LogP contribution in [0.1, 0.15) is 11.1 Å². The zero-order valence-electron chi connectivity index (χ0n) is 17.1. The van der Waals surface area contributed by atoms with Crippen LogP contribution >= 0.6 is 0 Å². The van der Waals surface area contributed by atoms with Crippen molar-refractivity contribution in [1.82, 2.24) is 0 Å². The smallest absolute Gasteiger partial charge is 0.282 e. The van der Waals surface area contributed by atoms with E-state index in [-0.39, 0.29) is 5.91 Å². The van der Waals surface area contributed by atoms with Crippen molar-refractivity contribution in [2.45, 2.75) is 0 Å². The summed E-state index contributed by atoms with van der Waals surface area (Å²) in [5.41, 5.74) is 4.23. The van der Waals surface area contributed by atoms with Crippen LogP contribution in [0.25, 0.3) is 6.08 Å². The van der Waals surface area contributed by atoms with Crippen LogP contribution in [0.4, 0.5) is 11.4 Å². The van der Waals surface area contributed by atoms with Gasteiger partial charge in [0.2, 0.25) is 0 Å². The van der Waals surface area contributed by atoms with E-state index in [2.05, 4.69) is 17.0 Å². The largest absolute Gasteiger partial charge is 0.378 e. The molecular weight excluding hydrogens is 386 g/mol. The monoisotopic (exact) mass is 409 g/mol. The molecule has 3 aromatic carbocycles. The summed E-state index contributed by atoms with van der Waals surface area (Å²) in [6, 6.07) is 27.8. The number of morpholine rings is 1. The Balaban J connectivity index is 1.51. The van der Waals surface area contributed by atoms with E-state index in [0.717, 1.165) is 48.8 Å². The van der Waals surface area contributed by atoms with Crippen molar-refractivity contribution in [3.8, 4) is 0 Å². The first-order chi connectivity index (χ1) is 15.3.